The summed E-state index contributed by atoms with van der Waals surface area (Å²) in [6.07, 6.45) is 0.557. The molecule has 5 heteroatoms. The Morgan fingerprint density at radius 3 is 2.29 bits per heavy atom. The standard InChI is InChI=1S/C12H16Cl2O2S/c1-2-17(15,16)8-7-11(9-13)10-3-5-12(14)6-4-10/h3-6,11H,2,7-9H2,1H3. The van der Waals surface area contributed by atoms with Crippen LogP contribution in [0.4, 0.5) is 0 Å². The average molecular weight is 295 g/mol. The molecule has 1 unspecified atom stereocenters. The second kappa shape index (κ2) is 6.62. The third-order valence-corrected chi connectivity index (χ3v) is 5.11. The van der Waals surface area contributed by atoms with E-state index in [-0.39, 0.29) is 17.4 Å². The van der Waals surface area contributed by atoms with Gasteiger partial charge in [-0.2, -0.15) is 0 Å². The zero-order chi connectivity index (χ0) is 12.9. The molecule has 0 radical (unpaired) electrons. The first-order valence-corrected chi connectivity index (χ1v) is 8.23. The van der Waals surface area contributed by atoms with Gasteiger partial charge in [-0.05, 0) is 30.0 Å². The van der Waals surface area contributed by atoms with Crippen LogP contribution in [-0.2, 0) is 9.84 Å². The van der Waals surface area contributed by atoms with Crippen LogP contribution in [0.25, 0.3) is 0 Å². The molecule has 0 heterocycles. The van der Waals surface area contributed by atoms with E-state index in [2.05, 4.69) is 0 Å². The van der Waals surface area contributed by atoms with Gasteiger partial charge in [0.25, 0.3) is 0 Å². The molecule has 0 bridgehead atoms. The molecule has 0 saturated carbocycles. The Labute approximate surface area is 113 Å². The summed E-state index contributed by atoms with van der Waals surface area (Å²) < 4.78 is 22.9. The summed E-state index contributed by atoms with van der Waals surface area (Å²) in [5, 5.41) is 0.670. The maximum Gasteiger partial charge on any atom is 0.150 e. The first-order chi connectivity index (χ1) is 7.98. The van der Waals surface area contributed by atoms with Crippen LogP contribution in [0.1, 0.15) is 24.8 Å². The minimum Gasteiger partial charge on any atom is -0.229 e. The Bertz CT molecular complexity index is 440. The number of halogens is 2. The van der Waals surface area contributed by atoms with Crippen molar-refractivity contribution in [2.75, 3.05) is 17.4 Å². The lowest BCUT2D eigenvalue weighted by Gasteiger charge is -2.14. The van der Waals surface area contributed by atoms with E-state index in [0.29, 0.717) is 17.3 Å². The summed E-state index contributed by atoms with van der Waals surface area (Å²) in [6.45, 7) is 1.66. The second-order valence-corrected chi connectivity index (χ2v) is 7.15. The van der Waals surface area contributed by atoms with Crippen LogP contribution >= 0.6 is 23.2 Å². The molecule has 0 N–H and O–H groups in total. The van der Waals surface area contributed by atoms with Gasteiger partial charge in [-0.15, -0.1) is 11.6 Å². The fraction of sp³-hybridized carbons (Fsp3) is 0.500. The first kappa shape index (κ1) is 14.8. The van der Waals surface area contributed by atoms with E-state index in [1.165, 1.54) is 0 Å². The minimum absolute atomic E-state index is 0.0651. The van der Waals surface area contributed by atoms with Crippen LogP contribution in [0.2, 0.25) is 5.02 Å². The Balaban J connectivity index is 2.69. The highest BCUT2D eigenvalue weighted by Crippen LogP contribution is 2.23. The summed E-state index contributed by atoms with van der Waals surface area (Å²) in [7, 11) is -2.93. The SMILES string of the molecule is CCS(=O)(=O)CCC(CCl)c1ccc(Cl)cc1. The molecule has 1 aromatic carbocycles. The fourth-order valence-corrected chi connectivity index (χ4v) is 2.92. The van der Waals surface area contributed by atoms with Gasteiger partial charge in [0.15, 0.2) is 0 Å². The van der Waals surface area contributed by atoms with Crippen molar-refractivity contribution in [1.82, 2.24) is 0 Å². The van der Waals surface area contributed by atoms with Crippen molar-refractivity contribution in [2.24, 2.45) is 0 Å². The van der Waals surface area contributed by atoms with Gasteiger partial charge < -0.3 is 0 Å². The van der Waals surface area contributed by atoms with E-state index in [9.17, 15) is 8.42 Å². The van der Waals surface area contributed by atoms with Gasteiger partial charge in [0.05, 0.1) is 5.75 Å². The third-order valence-electron chi connectivity index (χ3n) is 2.74. The molecule has 0 aliphatic heterocycles. The molecular weight excluding hydrogens is 279 g/mol. The van der Waals surface area contributed by atoms with Crippen molar-refractivity contribution >= 4 is 33.0 Å². The van der Waals surface area contributed by atoms with Gasteiger partial charge in [-0.3, -0.25) is 0 Å². The molecule has 17 heavy (non-hydrogen) atoms. The highest BCUT2D eigenvalue weighted by molar-refractivity contribution is 7.91. The zero-order valence-electron chi connectivity index (χ0n) is 9.70. The minimum atomic E-state index is -2.93. The fourth-order valence-electron chi connectivity index (χ4n) is 1.53. The summed E-state index contributed by atoms with van der Waals surface area (Å²) in [6, 6.07) is 7.39. The normalized spacial score (nSPS) is 13.6. The van der Waals surface area contributed by atoms with Gasteiger partial charge in [0.1, 0.15) is 9.84 Å². The number of benzene rings is 1. The Morgan fingerprint density at radius 1 is 1.24 bits per heavy atom. The first-order valence-electron chi connectivity index (χ1n) is 5.50. The summed E-state index contributed by atoms with van der Waals surface area (Å²) in [5.41, 5.74) is 1.04. The number of hydrogen-bond acceptors (Lipinski definition) is 2. The van der Waals surface area contributed by atoms with E-state index in [0.717, 1.165) is 5.56 Å². The molecule has 2 nitrogen and oxygen atoms in total. The number of rotatable bonds is 6. The van der Waals surface area contributed by atoms with Crippen molar-refractivity contribution in [3.63, 3.8) is 0 Å². The highest BCUT2D eigenvalue weighted by Gasteiger charge is 2.15. The lowest BCUT2D eigenvalue weighted by Crippen LogP contribution is -2.13. The van der Waals surface area contributed by atoms with Gasteiger partial charge in [0.2, 0.25) is 0 Å². The van der Waals surface area contributed by atoms with Gasteiger partial charge >= 0.3 is 0 Å². The van der Waals surface area contributed by atoms with Crippen LogP contribution in [0.5, 0.6) is 0 Å². The zero-order valence-corrected chi connectivity index (χ0v) is 12.0. The molecule has 96 valence electrons. The lowest BCUT2D eigenvalue weighted by atomic mass is 9.99. The number of sulfone groups is 1. The van der Waals surface area contributed by atoms with Gasteiger partial charge in [-0.25, -0.2) is 8.42 Å². The van der Waals surface area contributed by atoms with Crippen molar-refractivity contribution < 1.29 is 8.42 Å². The molecule has 1 atom stereocenters. The Hall–Kier alpha value is -0.250. The third kappa shape index (κ3) is 4.86. The molecule has 0 fully saturated rings. The monoisotopic (exact) mass is 294 g/mol. The summed E-state index contributed by atoms with van der Waals surface area (Å²) in [4.78, 5) is 0. The summed E-state index contributed by atoms with van der Waals surface area (Å²) in [5.74, 6) is 0.850. The lowest BCUT2D eigenvalue weighted by molar-refractivity contribution is 0.590. The summed E-state index contributed by atoms with van der Waals surface area (Å²) >= 11 is 11.7. The maximum atomic E-state index is 11.4. The molecule has 0 aromatic heterocycles. The molecule has 0 amide bonds. The molecule has 1 rings (SSSR count). The van der Waals surface area contributed by atoms with Crippen molar-refractivity contribution in [3.8, 4) is 0 Å². The van der Waals surface area contributed by atoms with E-state index in [4.69, 9.17) is 23.2 Å². The van der Waals surface area contributed by atoms with Gasteiger partial charge in [0, 0.05) is 16.7 Å². The quantitative estimate of drug-likeness (QED) is 0.753. The average Bonchev–Trinajstić information content (AvgIpc) is 2.32. The largest absolute Gasteiger partial charge is 0.229 e. The van der Waals surface area contributed by atoms with Gasteiger partial charge in [-0.1, -0.05) is 30.7 Å². The molecule has 0 aliphatic rings. The number of hydrogen-bond donors (Lipinski definition) is 0. The van der Waals surface area contributed by atoms with Crippen LogP contribution in [0.15, 0.2) is 24.3 Å². The predicted octanol–water partition coefficient (Wildman–Crippen LogP) is 3.49. The van der Waals surface area contributed by atoms with E-state index in [1.807, 2.05) is 12.1 Å². The number of alkyl halides is 1. The van der Waals surface area contributed by atoms with Crippen LogP contribution in [0, 0.1) is 0 Å². The highest BCUT2D eigenvalue weighted by atomic mass is 35.5. The Morgan fingerprint density at radius 2 is 1.82 bits per heavy atom. The molecule has 1 aromatic rings. The maximum absolute atomic E-state index is 11.4. The predicted molar refractivity (Wildman–Crippen MR) is 73.9 cm³/mol. The molecular formula is C12H16Cl2O2S. The Kier molecular flexibility index (Phi) is 5.77. The van der Waals surface area contributed by atoms with Crippen molar-refractivity contribution in [3.05, 3.63) is 34.9 Å². The van der Waals surface area contributed by atoms with Crippen LogP contribution < -0.4 is 0 Å². The smallest absolute Gasteiger partial charge is 0.150 e. The van der Waals surface area contributed by atoms with Crippen LogP contribution in [0.3, 0.4) is 0 Å². The van der Waals surface area contributed by atoms with E-state index >= 15 is 0 Å². The van der Waals surface area contributed by atoms with E-state index < -0.39 is 9.84 Å². The van der Waals surface area contributed by atoms with Crippen molar-refractivity contribution in [2.45, 2.75) is 19.3 Å². The van der Waals surface area contributed by atoms with Crippen molar-refractivity contribution in [1.29, 1.82) is 0 Å². The topological polar surface area (TPSA) is 34.1 Å². The van der Waals surface area contributed by atoms with Crippen LogP contribution in [-0.4, -0.2) is 25.8 Å². The van der Waals surface area contributed by atoms with E-state index in [1.54, 1.807) is 19.1 Å². The second-order valence-electron chi connectivity index (χ2n) is 3.93. The molecule has 0 aliphatic carbocycles. The molecule has 0 saturated heterocycles. The molecule has 0 spiro atoms.